The van der Waals surface area contributed by atoms with Crippen molar-refractivity contribution < 1.29 is 9.53 Å². The predicted octanol–water partition coefficient (Wildman–Crippen LogP) is 3.14. The second kappa shape index (κ2) is 9.90. The fraction of sp³-hybridized carbons (Fsp3) is 0.957. The summed E-state index contributed by atoms with van der Waals surface area (Å²) < 4.78 is 5.86. The zero-order valence-corrected chi connectivity index (χ0v) is 18.8. The molecule has 1 N–H and O–H groups in total. The topological polar surface area (TPSA) is 44.8 Å². The van der Waals surface area contributed by atoms with Crippen LogP contribution in [0.15, 0.2) is 0 Å². The molecule has 1 saturated carbocycles. The summed E-state index contributed by atoms with van der Waals surface area (Å²) in [5.41, 5.74) is 0. The van der Waals surface area contributed by atoms with Gasteiger partial charge in [-0.1, -0.05) is 26.7 Å². The molecule has 1 amide bonds. The number of hydrogen-bond acceptors (Lipinski definition) is 4. The number of morpholine rings is 1. The van der Waals surface area contributed by atoms with Gasteiger partial charge in [0.25, 0.3) is 0 Å². The van der Waals surface area contributed by atoms with Crippen LogP contribution in [0.4, 0.5) is 0 Å². The fourth-order valence-electron chi connectivity index (χ4n) is 5.58. The number of carbonyl (C=O) groups excluding carboxylic acids is 1. The summed E-state index contributed by atoms with van der Waals surface area (Å²) in [7, 11) is 0. The lowest BCUT2D eigenvalue weighted by atomic mass is 9.78. The van der Waals surface area contributed by atoms with Crippen LogP contribution < -0.4 is 5.32 Å². The molecule has 162 valence electrons. The monoisotopic (exact) mass is 393 g/mol. The largest absolute Gasteiger partial charge is 0.373 e. The van der Waals surface area contributed by atoms with E-state index in [0.29, 0.717) is 24.2 Å². The molecule has 5 heteroatoms. The Balaban J connectivity index is 1.42. The molecule has 5 nitrogen and oxygen atoms in total. The summed E-state index contributed by atoms with van der Waals surface area (Å²) in [6.07, 6.45) is 6.78. The first-order valence-corrected chi connectivity index (χ1v) is 11.8. The Morgan fingerprint density at radius 1 is 1.04 bits per heavy atom. The third-order valence-corrected chi connectivity index (χ3v) is 7.62. The van der Waals surface area contributed by atoms with Crippen LogP contribution in [-0.2, 0) is 9.53 Å². The van der Waals surface area contributed by atoms with Crippen molar-refractivity contribution in [1.82, 2.24) is 15.1 Å². The van der Waals surface area contributed by atoms with Crippen LogP contribution in [-0.4, -0.2) is 72.7 Å². The molecule has 2 heterocycles. The number of rotatable bonds is 5. The Kier molecular flexibility index (Phi) is 7.80. The van der Waals surface area contributed by atoms with Gasteiger partial charge in [0.2, 0.25) is 5.91 Å². The van der Waals surface area contributed by atoms with E-state index in [1.165, 1.54) is 32.2 Å². The lowest BCUT2D eigenvalue weighted by molar-refractivity contribution is -0.128. The van der Waals surface area contributed by atoms with Crippen LogP contribution in [0.3, 0.4) is 0 Å². The van der Waals surface area contributed by atoms with Crippen LogP contribution in [0, 0.1) is 17.8 Å². The predicted molar refractivity (Wildman–Crippen MR) is 114 cm³/mol. The fourth-order valence-corrected chi connectivity index (χ4v) is 5.58. The molecule has 3 fully saturated rings. The molecule has 2 saturated heterocycles. The van der Waals surface area contributed by atoms with E-state index in [2.05, 4.69) is 49.7 Å². The van der Waals surface area contributed by atoms with Crippen LogP contribution in [0.1, 0.15) is 66.7 Å². The second-order valence-electron chi connectivity index (χ2n) is 10.0. The van der Waals surface area contributed by atoms with Crippen molar-refractivity contribution in [2.24, 2.45) is 17.8 Å². The molecular weight excluding hydrogens is 350 g/mol. The number of nitrogens with one attached hydrogen (secondary N) is 1. The van der Waals surface area contributed by atoms with E-state index in [9.17, 15) is 4.79 Å². The summed E-state index contributed by atoms with van der Waals surface area (Å²) >= 11 is 0. The van der Waals surface area contributed by atoms with Gasteiger partial charge < -0.3 is 10.1 Å². The molecule has 28 heavy (non-hydrogen) atoms. The molecule has 0 radical (unpaired) electrons. The van der Waals surface area contributed by atoms with Crippen LogP contribution in [0.5, 0.6) is 0 Å². The first kappa shape index (κ1) is 22.0. The van der Waals surface area contributed by atoms with Crippen LogP contribution in [0.25, 0.3) is 0 Å². The van der Waals surface area contributed by atoms with E-state index in [1.807, 2.05) is 0 Å². The van der Waals surface area contributed by atoms with E-state index < -0.39 is 0 Å². The average Bonchev–Trinajstić information content (AvgIpc) is 2.64. The van der Waals surface area contributed by atoms with Crippen molar-refractivity contribution >= 4 is 5.91 Å². The summed E-state index contributed by atoms with van der Waals surface area (Å²) in [4.78, 5) is 17.8. The maximum absolute atomic E-state index is 12.9. The molecule has 3 rings (SSSR count). The maximum Gasteiger partial charge on any atom is 0.237 e. The van der Waals surface area contributed by atoms with Gasteiger partial charge in [0, 0.05) is 25.7 Å². The van der Waals surface area contributed by atoms with Crippen molar-refractivity contribution in [3.05, 3.63) is 0 Å². The van der Waals surface area contributed by atoms with Gasteiger partial charge in [0.15, 0.2) is 0 Å². The third kappa shape index (κ3) is 5.70. The quantitative estimate of drug-likeness (QED) is 0.779. The minimum absolute atomic E-state index is 0.00573. The lowest BCUT2D eigenvalue weighted by Crippen LogP contribution is -2.53. The van der Waals surface area contributed by atoms with E-state index in [4.69, 9.17) is 4.74 Å². The number of amides is 1. The van der Waals surface area contributed by atoms with Gasteiger partial charge in [-0.15, -0.1) is 0 Å². The Labute approximate surface area is 172 Å². The molecule has 6 atom stereocenters. The van der Waals surface area contributed by atoms with Gasteiger partial charge in [-0.05, 0) is 70.9 Å². The van der Waals surface area contributed by atoms with Gasteiger partial charge in [-0.3, -0.25) is 14.6 Å². The Bertz CT molecular complexity index is 496. The van der Waals surface area contributed by atoms with Gasteiger partial charge in [0.1, 0.15) is 0 Å². The molecule has 0 spiro atoms. The number of nitrogens with zero attached hydrogens (tertiary/aromatic N) is 2. The summed E-state index contributed by atoms with van der Waals surface area (Å²) in [6, 6.07) is 0.357. The van der Waals surface area contributed by atoms with Crippen molar-refractivity contribution in [2.45, 2.75) is 91.0 Å². The zero-order valence-electron chi connectivity index (χ0n) is 18.8. The van der Waals surface area contributed by atoms with Gasteiger partial charge in [-0.2, -0.15) is 0 Å². The van der Waals surface area contributed by atoms with Gasteiger partial charge in [-0.25, -0.2) is 0 Å². The highest BCUT2D eigenvalue weighted by atomic mass is 16.5. The number of ether oxygens (including phenoxy) is 1. The molecule has 2 aliphatic heterocycles. The Morgan fingerprint density at radius 3 is 2.32 bits per heavy atom. The average molecular weight is 394 g/mol. The number of piperidine rings is 1. The van der Waals surface area contributed by atoms with E-state index in [-0.39, 0.29) is 11.9 Å². The van der Waals surface area contributed by atoms with E-state index in [1.54, 1.807) is 0 Å². The molecule has 0 aromatic carbocycles. The van der Waals surface area contributed by atoms with Crippen molar-refractivity contribution in [3.8, 4) is 0 Å². The van der Waals surface area contributed by atoms with Crippen molar-refractivity contribution in [1.29, 1.82) is 0 Å². The second-order valence-corrected chi connectivity index (χ2v) is 10.0. The maximum atomic E-state index is 12.9. The van der Waals surface area contributed by atoms with Gasteiger partial charge >= 0.3 is 0 Å². The zero-order chi connectivity index (χ0) is 20.3. The molecule has 3 aliphatic rings. The van der Waals surface area contributed by atoms with Crippen molar-refractivity contribution in [3.63, 3.8) is 0 Å². The normalized spacial score (nSPS) is 37.5. The standard InChI is InChI=1S/C23H43N3O2/c1-16-7-6-8-22(19(16)4)24-23(27)20(5)26-11-9-21(10-12-26)15-25-13-17(2)28-18(3)14-25/h16-22H,6-15H2,1-5H3,(H,24,27). The Morgan fingerprint density at radius 2 is 1.68 bits per heavy atom. The highest BCUT2D eigenvalue weighted by Gasteiger charge is 2.32. The highest BCUT2D eigenvalue weighted by molar-refractivity contribution is 5.81. The first-order valence-electron chi connectivity index (χ1n) is 11.8. The first-order chi connectivity index (χ1) is 13.3. The van der Waals surface area contributed by atoms with Crippen LogP contribution in [0.2, 0.25) is 0 Å². The number of carbonyl (C=O) groups is 1. The molecule has 1 aliphatic carbocycles. The molecule has 6 unspecified atom stereocenters. The molecular formula is C23H43N3O2. The number of likely N-dealkylation sites (tertiary alicyclic amines) is 1. The lowest BCUT2D eigenvalue weighted by Gasteiger charge is -2.41. The molecule has 0 bridgehead atoms. The SMILES string of the molecule is CC1CN(CC2CCN(C(C)C(=O)NC3CCCC(C)C3C)CC2)CC(C)O1. The molecule has 0 aromatic rings. The minimum Gasteiger partial charge on any atom is -0.373 e. The van der Waals surface area contributed by atoms with Crippen LogP contribution >= 0.6 is 0 Å². The highest BCUT2D eigenvalue weighted by Crippen LogP contribution is 2.30. The summed E-state index contributed by atoms with van der Waals surface area (Å²) in [6.45, 7) is 16.5. The van der Waals surface area contributed by atoms with E-state index in [0.717, 1.165) is 44.4 Å². The minimum atomic E-state index is -0.00573. The van der Waals surface area contributed by atoms with Gasteiger partial charge in [0.05, 0.1) is 18.2 Å². The van der Waals surface area contributed by atoms with E-state index >= 15 is 0 Å². The summed E-state index contributed by atoms with van der Waals surface area (Å²) in [5.74, 6) is 2.30. The Hall–Kier alpha value is -0.650. The van der Waals surface area contributed by atoms with Crippen molar-refractivity contribution in [2.75, 3.05) is 32.7 Å². The summed E-state index contributed by atoms with van der Waals surface area (Å²) in [5, 5.41) is 3.38. The third-order valence-electron chi connectivity index (χ3n) is 7.62. The number of hydrogen-bond donors (Lipinski definition) is 1. The molecule has 0 aromatic heterocycles. The smallest absolute Gasteiger partial charge is 0.237 e.